The number of carbonyl (C=O) groups is 1. The van der Waals surface area contributed by atoms with Gasteiger partial charge in [-0.1, -0.05) is 13.8 Å². The van der Waals surface area contributed by atoms with Crippen molar-refractivity contribution >= 4 is 17.7 Å². The molecule has 3 nitrogen and oxygen atoms in total. The largest absolute Gasteiger partial charge is 0.369 e. The van der Waals surface area contributed by atoms with Crippen molar-refractivity contribution in [1.82, 2.24) is 0 Å². The van der Waals surface area contributed by atoms with Crippen LogP contribution in [0.3, 0.4) is 0 Å². The molecule has 0 bridgehead atoms. The van der Waals surface area contributed by atoms with Gasteiger partial charge in [0, 0.05) is 11.8 Å². The lowest BCUT2D eigenvalue weighted by Gasteiger charge is -2.14. The first-order chi connectivity index (χ1) is 5.11. The summed E-state index contributed by atoms with van der Waals surface area (Å²) >= 11 is 1.55. The maximum absolute atomic E-state index is 10.7. The molecule has 0 aliphatic carbocycles. The second-order valence-electron chi connectivity index (χ2n) is 2.48. The van der Waals surface area contributed by atoms with Gasteiger partial charge in [0.1, 0.15) is 0 Å². The van der Waals surface area contributed by atoms with Crippen LogP contribution in [-0.2, 0) is 4.79 Å². The normalized spacial score (nSPS) is 15.9. The Kier molecular flexibility index (Phi) is 5.32. The van der Waals surface area contributed by atoms with Crippen LogP contribution >= 0.6 is 11.8 Å². The number of hydrogen-bond donors (Lipinski definition) is 2. The molecule has 66 valence electrons. The lowest BCUT2D eigenvalue weighted by molar-refractivity contribution is -0.117. The monoisotopic (exact) mass is 176 g/mol. The maximum atomic E-state index is 10.7. The highest BCUT2D eigenvalue weighted by atomic mass is 32.2. The first kappa shape index (κ1) is 10.8. The number of primary amides is 1. The Balaban J connectivity index is 3.77. The zero-order chi connectivity index (χ0) is 8.85. The minimum atomic E-state index is -0.238. The Morgan fingerprint density at radius 2 is 2.18 bits per heavy atom. The van der Waals surface area contributed by atoms with E-state index in [2.05, 4.69) is 0 Å². The van der Waals surface area contributed by atoms with E-state index in [9.17, 15) is 4.79 Å². The molecule has 2 unspecified atom stereocenters. The second-order valence-corrected chi connectivity index (χ2v) is 4.13. The summed E-state index contributed by atoms with van der Waals surface area (Å²) in [5, 5.41) is 0.237. The van der Waals surface area contributed by atoms with Crippen molar-refractivity contribution in [2.75, 3.05) is 6.54 Å². The molecule has 0 saturated heterocycles. The minimum Gasteiger partial charge on any atom is -0.369 e. The number of thioether (sulfide) groups is 1. The predicted molar refractivity (Wildman–Crippen MR) is 49.4 cm³/mol. The average Bonchev–Trinajstić information content (AvgIpc) is 1.99. The van der Waals surface area contributed by atoms with Gasteiger partial charge in [-0.2, -0.15) is 0 Å². The average molecular weight is 176 g/mol. The van der Waals surface area contributed by atoms with Gasteiger partial charge in [0.05, 0.1) is 5.25 Å². The van der Waals surface area contributed by atoms with E-state index in [1.54, 1.807) is 11.8 Å². The summed E-state index contributed by atoms with van der Waals surface area (Å²) in [6.45, 7) is 4.54. The first-order valence-electron chi connectivity index (χ1n) is 3.76. The van der Waals surface area contributed by atoms with Crippen molar-refractivity contribution in [3.8, 4) is 0 Å². The fourth-order valence-electron chi connectivity index (χ4n) is 0.700. The van der Waals surface area contributed by atoms with E-state index in [1.165, 1.54) is 0 Å². The Bertz CT molecular complexity index is 130. The summed E-state index contributed by atoms with van der Waals surface area (Å²) in [5.74, 6) is -0.238. The smallest absolute Gasteiger partial charge is 0.230 e. The van der Waals surface area contributed by atoms with Crippen molar-refractivity contribution < 1.29 is 4.79 Å². The van der Waals surface area contributed by atoms with E-state index in [4.69, 9.17) is 11.5 Å². The van der Waals surface area contributed by atoms with E-state index in [0.717, 1.165) is 6.42 Å². The number of nitrogens with two attached hydrogens (primary N) is 2. The van der Waals surface area contributed by atoms with Gasteiger partial charge in [-0.25, -0.2) is 0 Å². The molecule has 0 aromatic rings. The van der Waals surface area contributed by atoms with Crippen LogP contribution in [0, 0.1) is 0 Å². The van der Waals surface area contributed by atoms with E-state index in [1.807, 2.05) is 13.8 Å². The Morgan fingerprint density at radius 3 is 2.45 bits per heavy atom. The molecule has 0 fully saturated rings. The molecular weight excluding hydrogens is 160 g/mol. The quantitative estimate of drug-likeness (QED) is 0.634. The lowest BCUT2D eigenvalue weighted by Crippen LogP contribution is -2.28. The summed E-state index contributed by atoms with van der Waals surface area (Å²) < 4.78 is 0. The fraction of sp³-hybridized carbons (Fsp3) is 0.857. The Labute approximate surface area is 71.9 Å². The molecule has 0 aliphatic heterocycles. The molecule has 0 spiro atoms. The predicted octanol–water partition coefficient (Wildman–Crippen LogP) is 0.331. The molecule has 11 heavy (non-hydrogen) atoms. The summed E-state index contributed by atoms with van der Waals surface area (Å²) in [7, 11) is 0. The number of carbonyl (C=O) groups excluding carboxylic acids is 1. The molecule has 0 saturated carbocycles. The summed E-state index contributed by atoms with van der Waals surface area (Å²) in [6.07, 6.45) is 0.782. The van der Waals surface area contributed by atoms with Crippen LogP contribution in [0.5, 0.6) is 0 Å². The van der Waals surface area contributed by atoms with Crippen LogP contribution in [-0.4, -0.2) is 23.0 Å². The summed E-state index contributed by atoms with van der Waals surface area (Å²) in [4.78, 5) is 10.7. The van der Waals surface area contributed by atoms with Crippen molar-refractivity contribution in [3.05, 3.63) is 0 Å². The molecule has 0 rings (SSSR count). The molecule has 1 amide bonds. The zero-order valence-electron chi connectivity index (χ0n) is 7.04. The minimum absolute atomic E-state index is 0.0754. The summed E-state index contributed by atoms with van der Waals surface area (Å²) in [6, 6.07) is 0. The second kappa shape index (κ2) is 5.43. The highest BCUT2D eigenvalue weighted by Gasteiger charge is 2.15. The lowest BCUT2D eigenvalue weighted by atomic mass is 10.3. The van der Waals surface area contributed by atoms with Crippen molar-refractivity contribution in [2.45, 2.75) is 30.8 Å². The van der Waals surface area contributed by atoms with Gasteiger partial charge < -0.3 is 11.5 Å². The fourth-order valence-corrected chi connectivity index (χ4v) is 1.70. The topological polar surface area (TPSA) is 69.1 Å². The number of hydrogen-bond acceptors (Lipinski definition) is 3. The Hall–Kier alpha value is -0.220. The van der Waals surface area contributed by atoms with Crippen LogP contribution in [0.4, 0.5) is 0 Å². The molecule has 0 aromatic heterocycles. The third kappa shape index (κ3) is 4.27. The van der Waals surface area contributed by atoms with Crippen LogP contribution in [0.1, 0.15) is 20.3 Å². The maximum Gasteiger partial charge on any atom is 0.230 e. The van der Waals surface area contributed by atoms with E-state index >= 15 is 0 Å². The third-order valence-electron chi connectivity index (χ3n) is 1.42. The molecule has 4 heteroatoms. The van der Waals surface area contributed by atoms with Crippen LogP contribution < -0.4 is 11.5 Å². The number of rotatable bonds is 5. The highest BCUT2D eigenvalue weighted by Crippen LogP contribution is 2.18. The van der Waals surface area contributed by atoms with Gasteiger partial charge >= 0.3 is 0 Å². The first-order valence-corrected chi connectivity index (χ1v) is 4.70. The van der Waals surface area contributed by atoms with Gasteiger partial charge in [0.25, 0.3) is 0 Å². The molecule has 4 N–H and O–H groups in total. The highest BCUT2D eigenvalue weighted by molar-refractivity contribution is 8.01. The van der Waals surface area contributed by atoms with Crippen LogP contribution in [0.15, 0.2) is 0 Å². The van der Waals surface area contributed by atoms with Gasteiger partial charge in [0.15, 0.2) is 0 Å². The Morgan fingerprint density at radius 1 is 1.64 bits per heavy atom. The van der Waals surface area contributed by atoms with E-state index in [0.29, 0.717) is 11.8 Å². The van der Waals surface area contributed by atoms with E-state index < -0.39 is 0 Å². The molecule has 0 aliphatic rings. The molecule has 0 heterocycles. The van der Waals surface area contributed by atoms with E-state index in [-0.39, 0.29) is 11.2 Å². The number of amides is 1. The zero-order valence-corrected chi connectivity index (χ0v) is 7.86. The molecule has 0 radical (unpaired) electrons. The molecule has 0 aromatic carbocycles. The van der Waals surface area contributed by atoms with Crippen LogP contribution in [0.2, 0.25) is 0 Å². The van der Waals surface area contributed by atoms with Crippen molar-refractivity contribution in [1.29, 1.82) is 0 Å². The van der Waals surface area contributed by atoms with Gasteiger partial charge in [-0.15, -0.1) is 11.8 Å². The van der Waals surface area contributed by atoms with Gasteiger partial charge in [-0.3, -0.25) is 4.79 Å². The van der Waals surface area contributed by atoms with Crippen molar-refractivity contribution in [2.24, 2.45) is 11.5 Å². The standard InChI is InChI=1S/C7H16N2OS/c1-3-6(7(9)10)11-5(2)4-8/h5-6H,3-4,8H2,1-2H3,(H2,9,10). The van der Waals surface area contributed by atoms with Gasteiger partial charge in [0.2, 0.25) is 5.91 Å². The third-order valence-corrected chi connectivity index (χ3v) is 2.97. The van der Waals surface area contributed by atoms with Crippen LogP contribution in [0.25, 0.3) is 0 Å². The van der Waals surface area contributed by atoms with Gasteiger partial charge in [-0.05, 0) is 6.42 Å². The summed E-state index contributed by atoms with van der Waals surface area (Å²) in [5.41, 5.74) is 10.6. The van der Waals surface area contributed by atoms with Crippen molar-refractivity contribution in [3.63, 3.8) is 0 Å². The molecule has 2 atom stereocenters. The molecular formula is C7H16N2OS. The SMILES string of the molecule is CCC(SC(C)CN)C(N)=O.